The molecule has 0 aromatic heterocycles. The van der Waals surface area contributed by atoms with E-state index < -0.39 is 35.6 Å². The number of nitrogens with zero attached hydrogens (tertiary/aromatic N) is 1. The van der Waals surface area contributed by atoms with Gasteiger partial charge in [-0.15, -0.1) is 0 Å². The van der Waals surface area contributed by atoms with Crippen LogP contribution in [0.25, 0.3) is 0 Å². The van der Waals surface area contributed by atoms with Crippen LogP contribution in [0.5, 0.6) is 5.75 Å². The smallest absolute Gasteiger partial charge is 0.238 e. The number of carbonyl (C=O) groups excluding carboxylic acids is 2. The van der Waals surface area contributed by atoms with Crippen molar-refractivity contribution in [2.75, 3.05) is 16.8 Å². The lowest BCUT2D eigenvalue weighted by Crippen LogP contribution is -2.54. The van der Waals surface area contributed by atoms with E-state index in [1.54, 1.807) is 26.0 Å². The third-order valence-electron chi connectivity index (χ3n) is 8.66. The summed E-state index contributed by atoms with van der Waals surface area (Å²) in [6.07, 6.45) is -0.0560. The first-order valence-corrected chi connectivity index (χ1v) is 13.3. The maximum absolute atomic E-state index is 13.8. The van der Waals surface area contributed by atoms with Crippen molar-refractivity contribution in [1.29, 1.82) is 0 Å². The number of carbonyl (C=O) groups is 2. The van der Waals surface area contributed by atoms with Crippen LogP contribution in [0.2, 0.25) is 0 Å². The zero-order valence-corrected chi connectivity index (χ0v) is 21.9. The summed E-state index contributed by atoms with van der Waals surface area (Å²) in [5.41, 5.74) is 4.39. The number of aliphatic hydroxyl groups excluding tert-OH is 1. The predicted octanol–water partition coefficient (Wildman–Crippen LogP) is 4.34. The van der Waals surface area contributed by atoms with E-state index in [2.05, 4.69) is 5.32 Å². The summed E-state index contributed by atoms with van der Waals surface area (Å²) in [5.74, 6) is -4.96. The number of para-hydroxylation sites is 1. The molecule has 8 nitrogen and oxygen atoms in total. The Hall–Kier alpha value is -3.72. The standard InChI is InChI=1S/C31H32N2O6/c1-17-12-19(13-18(2)28(17)35)26-15-25-27-24(14-20(16-34)31(25,38)39-26)29(36)33(30(27)37)23-10-8-22(9-11-23)32-21-6-4-3-5-7-21/h3-13,20,24-27,32,34-35,38H,14-16H2,1-2H3/t20-,24+,25+,26+,27+,31-/m1/s1. The number of hydrogen-bond acceptors (Lipinski definition) is 7. The Labute approximate surface area is 226 Å². The number of aliphatic hydroxyl groups is 2. The second-order valence-electron chi connectivity index (χ2n) is 11.0. The SMILES string of the molecule is Cc1cc([C@@H]2C[C@H]3[C@H]4C(=O)N(c5ccc(Nc6ccccc6)cc5)C(=O)[C@H]4C[C@H](CO)[C@@]3(O)O2)cc(C)c1O. The largest absolute Gasteiger partial charge is 0.507 e. The number of phenolic OH excluding ortho intramolecular Hbond substituents is 1. The van der Waals surface area contributed by atoms with Crippen LogP contribution >= 0.6 is 0 Å². The Morgan fingerprint density at radius 3 is 2.23 bits per heavy atom. The Balaban J connectivity index is 1.29. The average molecular weight is 529 g/mol. The summed E-state index contributed by atoms with van der Waals surface area (Å²) in [6.45, 7) is 3.23. The molecule has 1 saturated carbocycles. The molecule has 202 valence electrons. The first-order chi connectivity index (χ1) is 18.7. The summed E-state index contributed by atoms with van der Waals surface area (Å²) < 4.78 is 6.22. The summed E-state index contributed by atoms with van der Waals surface area (Å²) in [6, 6.07) is 20.5. The Morgan fingerprint density at radius 1 is 0.949 bits per heavy atom. The zero-order valence-electron chi connectivity index (χ0n) is 21.9. The van der Waals surface area contributed by atoms with Crippen LogP contribution in [-0.2, 0) is 14.3 Å². The van der Waals surface area contributed by atoms with Crippen LogP contribution in [0.4, 0.5) is 17.1 Å². The lowest BCUT2D eigenvalue weighted by Gasteiger charge is -2.44. The zero-order chi connectivity index (χ0) is 27.5. The van der Waals surface area contributed by atoms with Crippen molar-refractivity contribution in [3.05, 3.63) is 83.4 Å². The minimum absolute atomic E-state index is 0.156. The molecule has 2 saturated heterocycles. The van der Waals surface area contributed by atoms with Crippen LogP contribution in [0.3, 0.4) is 0 Å². The number of fused-ring (bicyclic) bond motifs is 3. The number of phenols is 1. The fourth-order valence-corrected chi connectivity index (χ4v) is 6.71. The van der Waals surface area contributed by atoms with Gasteiger partial charge in [0, 0.05) is 23.2 Å². The molecule has 3 aromatic carbocycles. The van der Waals surface area contributed by atoms with Crippen molar-refractivity contribution in [1.82, 2.24) is 0 Å². The van der Waals surface area contributed by atoms with Crippen molar-refractivity contribution in [2.45, 2.75) is 38.6 Å². The molecule has 6 rings (SSSR count). The molecule has 0 bridgehead atoms. The number of amides is 2. The van der Waals surface area contributed by atoms with E-state index in [9.17, 15) is 24.9 Å². The third-order valence-corrected chi connectivity index (χ3v) is 8.66. The van der Waals surface area contributed by atoms with Gasteiger partial charge in [-0.25, -0.2) is 0 Å². The van der Waals surface area contributed by atoms with Gasteiger partial charge < -0.3 is 25.4 Å². The minimum atomic E-state index is -1.74. The number of imide groups is 1. The summed E-state index contributed by atoms with van der Waals surface area (Å²) in [4.78, 5) is 28.7. The topological polar surface area (TPSA) is 119 Å². The monoisotopic (exact) mass is 528 g/mol. The highest BCUT2D eigenvalue weighted by atomic mass is 16.6. The van der Waals surface area contributed by atoms with Crippen LogP contribution in [0.1, 0.15) is 35.6 Å². The first kappa shape index (κ1) is 25.6. The van der Waals surface area contributed by atoms with Crippen LogP contribution in [0.15, 0.2) is 66.7 Å². The first-order valence-electron chi connectivity index (χ1n) is 13.3. The summed E-state index contributed by atoms with van der Waals surface area (Å²) in [7, 11) is 0. The number of anilines is 3. The van der Waals surface area contributed by atoms with E-state index in [0.717, 1.165) is 16.9 Å². The van der Waals surface area contributed by atoms with Crippen molar-refractivity contribution < 1.29 is 29.6 Å². The van der Waals surface area contributed by atoms with E-state index >= 15 is 0 Å². The van der Waals surface area contributed by atoms with Crippen molar-refractivity contribution in [3.63, 3.8) is 0 Å². The van der Waals surface area contributed by atoms with Gasteiger partial charge in [-0.1, -0.05) is 18.2 Å². The highest BCUT2D eigenvalue weighted by molar-refractivity contribution is 6.22. The van der Waals surface area contributed by atoms with Crippen molar-refractivity contribution in [3.8, 4) is 5.75 Å². The lowest BCUT2D eigenvalue weighted by molar-refractivity contribution is -0.274. The fourth-order valence-electron chi connectivity index (χ4n) is 6.71. The van der Waals surface area contributed by atoms with Gasteiger partial charge in [-0.05, 0) is 91.9 Å². The molecule has 3 fully saturated rings. The molecule has 2 heterocycles. The van der Waals surface area contributed by atoms with Crippen molar-refractivity contribution in [2.24, 2.45) is 23.7 Å². The minimum Gasteiger partial charge on any atom is -0.507 e. The van der Waals surface area contributed by atoms with Crippen LogP contribution in [-0.4, -0.2) is 39.5 Å². The molecule has 39 heavy (non-hydrogen) atoms. The molecule has 0 unspecified atom stereocenters. The summed E-state index contributed by atoms with van der Waals surface area (Å²) in [5, 5.41) is 35.5. The maximum atomic E-state index is 13.8. The number of rotatable bonds is 5. The average Bonchev–Trinajstić information content (AvgIpc) is 3.41. The molecule has 6 atom stereocenters. The van der Waals surface area contributed by atoms with Crippen LogP contribution < -0.4 is 10.2 Å². The number of nitrogens with one attached hydrogen (secondary N) is 1. The van der Waals surface area contributed by atoms with E-state index in [1.165, 1.54) is 4.90 Å². The van der Waals surface area contributed by atoms with Gasteiger partial charge in [0.15, 0.2) is 5.79 Å². The molecule has 4 N–H and O–H groups in total. The maximum Gasteiger partial charge on any atom is 0.238 e. The van der Waals surface area contributed by atoms with E-state index in [-0.39, 0.29) is 30.6 Å². The highest BCUT2D eigenvalue weighted by Crippen LogP contribution is 2.58. The van der Waals surface area contributed by atoms with Gasteiger partial charge in [0.1, 0.15) is 5.75 Å². The molecule has 8 heteroatoms. The predicted molar refractivity (Wildman–Crippen MR) is 145 cm³/mol. The molecule has 0 radical (unpaired) electrons. The van der Waals surface area contributed by atoms with Gasteiger partial charge in [0.25, 0.3) is 0 Å². The number of hydrogen-bond donors (Lipinski definition) is 4. The molecule has 1 aliphatic carbocycles. The van der Waals surface area contributed by atoms with Crippen LogP contribution in [0, 0.1) is 37.5 Å². The Kier molecular flexibility index (Phi) is 6.21. The van der Waals surface area contributed by atoms with E-state index in [4.69, 9.17) is 4.74 Å². The molecule has 2 amide bonds. The second kappa shape index (κ2) is 9.48. The lowest BCUT2D eigenvalue weighted by atomic mass is 9.64. The molecular formula is C31H32N2O6. The molecule has 2 aliphatic heterocycles. The normalized spacial score (nSPS) is 29.8. The Bertz CT molecular complexity index is 1400. The van der Waals surface area contributed by atoms with Gasteiger partial charge in [-0.2, -0.15) is 0 Å². The summed E-state index contributed by atoms with van der Waals surface area (Å²) >= 11 is 0. The Morgan fingerprint density at radius 2 is 1.59 bits per heavy atom. The van der Waals surface area contributed by atoms with Gasteiger partial charge in [0.2, 0.25) is 11.8 Å². The van der Waals surface area contributed by atoms with Gasteiger partial charge in [0.05, 0.1) is 30.2 Å². The number of aromatic hydroxyl groups is 1. The molecule has 0 spiro atoms. The van der Waals surface area contributed by atoms with Gasteiger partial charge in [-0.3, -0.25) is 14.5 Å². The molecule has 3 aliphatic rings. The second-order valence-corrected chi connectivity index (χ2v) is 11.0. The number of aryl methyl sites for hydroxylation is 2. The van der Waals surface area contributed by atoms with E-state index in [0.29, 0.717) is 23.2 Å². The highest BCUT2D eigenvalue weighted by Gasteiger charge is 2.66. The number of ether oxygens (including phenoxy) is 1. The van der Waals surface area contributed by atoms with Gasteiger partial charge >= 0.3 is 0 Å². The fraction of sp³-hybridized carbons (Fsp3) is 0.355. The third kappa shape index (κ3) is 4.11. The van der Waals surface area contributed by atoms with Crippen molar-refractivity contribution >= 4 is 28.9 Å². The molecule has 3 aromatic rings. The van der Waals surface area contributed by atoms with E-state index in [1.807, 2.05) is 54.6 Å². The quantitative estimate of drug-likeness (QED) is 0.364. The number of benzene rings is 3. The molecular weight excluding hydrogens is 496 g/mol.